The highest BCUT2D eigenvalue weighted by Crippen LogP contribution is 2.33. The molecule has 0 unspecified atom stereocenters. The second-order valence-corrected chi connectivity index (χ2v) is 7.50. The van der Waals surface area contributed by atoms with Gasteiger partial charge in [0.1, 0.15) is 5.02 Å². The predicted molar refractivity (Wildman–Crippen MR) is 96.5 cm³/mol. The minimum atomic E-state index is 0.262. The third-order valence-corrected chi connectivity index (χ3v) is 4.02. The minimum Gasteiger partial charge on any atom is -0.352 e. The second kappa shape index (κ2) is 7.70. The number of benzene rings is 1. The number of aromatic nitrogens is 2. The van der Waals surface area contributed by atoms with Crippen molar-refractivity contribution in [2.45, 2.75) is 43.9 Å². The van der Waals surface area contributed by atoms with E-state index in [1.54, 1.807) is 18.0 Å². The van der Waals surface area contributed by atoms with Crippen LogP contribution >= 0.6 is 23.4 Å². The van der Waals surface area contributed by atoms with E-state index in [1.165, 1.54) is 4.90 Å². The summed E-state index contributed by atoms with van der Waals surface area (Å²) in [7, 11) is 0. The maximum Gasteiger partial charge on any atom is 0.224 e. The van der Waals surface area contributed by atoms with Crippen molar-refractivity contribution < 1.29 is 0 Å². The highest BCUT2D eigenvalue weighted by molar-refractivity contribution is 8.00. The van der Waals surface area contributed by atoms with Crippen molar-refractivity contribution in [2.24, 2.45) is 0 Å². The van der Waals surface area contributed by atoms with Gasteiger partial charge in [-0.05, 0) is 26.0 Å². The molecule has 0 saturated heterocycles. The summed E-state index contributed by atoms with van der Waals surface area (Å²) in [6.07, 6.45) is 1.61. The molecular formula is C16H21ClN4S. The van der Waals surface area contributed by atoms with E-state index in [-0.39, 0.29) is 6.04 Å². The summed E-state index contributed by atoms with van der Waals surface area (Å²) in [6, 6.07) is 8.41. The van der Waals surface area contributed by atoms with Crippen LogP contribution in [0.4, 0.5) is 17.5 Å². The molecule has 1 aromatic heterocycles. The lowest BCUT2D eigenvalue weighted by molar-refractivity contribution is 0.875. The summed E-state index contributed by atoms with van der Waals surface area (Å²) in [5.74, 6) is 1.17. The quantitative estimate of drug-likeness (QED) is 0.710. The van der Waals surface area contributed by atoms with Crippen LogP contribution in [0.3, 0.4) is 0 Å². The zero-order valence-corrected chi connectivity index (χ0v) is 14.8. The van der Waals surface area contributed by atoms with Crippen LogP contribution in [-0.4, -0.2) is 21.3 Å². The van der Waals surface area contributed by atoms with Gasteiger partial charge in [-0.2, -0.15) is 4.98 Å². The van der Waals surface area contributed by atoms with Gasteiger partial charge in [0.25, 0.3) is 0 Å². The van der Waals surface area contributed by atoms with Crippen LogP contribution in [0.5, 0.6) is 0 Å². The van der Waals surface area contributed by atoms with Crippen molar-refractivity contribution in [3.63, 3.8) is 0 Å². The van der Waals surface area contributed by atoms with Gasteiger partial charge in [-0.3, -0.25) is 0 Å². The van der Waals surface area contributed by atoms with Gasteiger partial charge in [-0.1, -0.05) is 37.6 Å². The minimum absolute atomic E-state index is 0.262. The molecule has 2 aromatic rings. The Bertz CT molecular complexity index is 631. The van der Waals surface area contributed by atoms with Crippen LogP contribution in [0.15, 0.2) is 35.4 Å². The van der Waals surface area contributed by atoms with E-state index in [4.69, 9.17) is 11.6 Å². The summed E-state index contributed by atoms with van der Waals surface area (Å²) >= 11 is 8.02. The number of rotatable bonds is 6. The fourth-order valence-electron chi connectivity index (χ4n) is 1.84. The predicted octanol–water partition coefficient (Wildman–Crippen LogP) is 5.19. The van der Waals surface area contributed by atoms with E-state index >= 15 is 0 Å². The topological polar surface area (TPSA) is 49.8 Å². The Morgan fingerprint density at radius 3 is 2.55 bits per heavy atom. The van der Waals surface area contributed by atoms with E-state index in [0.717, 1.165) is 5.69 Å². The lowest BCUT2D eigenvalue weighted by atomic mass is 10.3. The molecule has 0 aliphatic rings. The summed E-state index contributed by atoms with van der Waals surface area (Å²) in [6.45, 7) is 8.42. The van der Waals surface area contributed by atoms with Gasteiger partial charge in [0.05, 0.1) is 11.9 Å². The number of anilines is 3. The number of hydrogen-bond donors (Lipinski definition) is 2. The van der Waals surface area contributed by atoms with Gasteiger partial charge in [-0.25, -0.2) is 4.98 Å². The Balaban J connectivity index is 2.27. The number of hydrogen-bond acceptors (Lipinski definition) is 5. The van der Waals surface area contributed by atoms with Crippen molar-refractivity contribution in [2.75, 3.05) is 10.6 Å². The molecule has 0 radical (unpaired) electrons. The van der Waals surface area contributed by atoms with Gasteiger partial charge in [0, 0.05) is 16.2 Å². The number of nitrogens with one attached hydrogen (secondary N) is 2. The largest absolute Gasteiger partial charge is 0.352 e. The zero-order chi connectivity index (χ0) is 16.1. The SMILES string of the molecule is CC(C)Nc1ncc(Cl)c(Nc2ccccc2SC(C)C)n1. The normalized spacial score (nSPS) is 11.0. The molecule has 0 saturated carbocycles. The number of thioether (sulfide) groups is 1. The Hall–Kier alpha value is -1.46. The maximum absolute atomic E-state index is 6.22. The highest BCUT2D eigenvalue weighted by atomic mass is 35.5. The van der Waals surface area contributed by atoms with E-state index in [2.05, 4.69) is 40.5 Å². The lowest BCUT2D eigenvalue weighted by Crippen LogP contribution is -2.13. The Labute approximate surface area is 141 Å². The summed E-state index contributed by atoms with van der Waals surface area (Å²) in [5, 5.41) is 7.50. The summed E-state index contributed by atoms with van der Waals surface area (Å²) < 4.78 is 0. The molecule has 2 N–H and O–H groups in total. The molecule has 0 atom stereocenters. The Morgan fingerprint density at radius 1 is 1.14 bits per heavy atom. The van der Waals surface area contributed by atoms with Crippen molar-refractivity contribution in [1.82, 2.24) is 9.97 Å². The maximum atomic E-state index is 6.22. The molecule has 0 spiro atoms. The van der Waals surface area contributed by atoms with Crippen LogP contribution in [0.2, 0.25) is 5.02 Å². The first kappa shape index (κ1) is 16.9. The van der Waals surface area contributed by atoms with Crippen LogP contribution in [0.25, 0.3) is 0 Å². The fraction of sp³-hybridized carbons (Fsp3) is 0.375. The first-order valence-electron chi connectivity index (χ1n) is 7.27. The molecule has 22 heavy (non-hydrogen) atoms. The van der Waals surface area contributed by atoms with Crippen molar-refractivity contribution in [1.29, 1.82) is 0 Å². The average molecular weight is 337 g/mol. The fourth-order valence-corrected chi connectivity index (χ4v) is 2.89. The molecule has 0 bridgehead atoms. The molecule has 0 fully saturated rings. The van der Waals surface area contributed by atoms with Gasteiger partial charge < -0.3 is 10.6 Å². The summed E-state index contributed by atoms with van der Waals surface area (Å²) in [4.78, 5) is 9.82. The van der Waals surface area contributed by atoms with Crippen molar-refractivity contribution in [3.05, 3.63) is 35.5 Å². The summed E-state index contributed by atoms with van der Waals surface area (Å²) in [5.41, 5.74) is 0.997. The standard InChI is InChI=1S/C16H21ClN4S/c1-10(2)19-16-18-9-12(17)15(21-16)20-13-7-5-6-8-14(13)22-11(3)4/h5-11H,1-4H3,(H2,18,19,20,21). The number of halogens is 1. The van der Waals surface area contributed by atoms with Crippen molar-refractivity contribution in [3.8, 4) is 0 Å². The van der Waals surface area contributed by atoms with Crippen LogP contribution in [-0.2, 0) is 0 Å². The molecule has 0 aliphatic carbocycles. The van der Waals surface area contributed by atoms with Crippen LogP contribution in [0, 0.1) is 0 Å². The van der Waals surface area contributed by atoms with Gasteiger partial charge >= 0.3 is 0 Å². The van der Waals surface area contributed by atoms with E-state index in [9.17, 15) is 0 Å². The van der Waals surface area contributed by atoms with E-state index in [1.807, 2.05) is 32.0 Å². The molecule has 2 rings (SSSR count). The van der Waals surface area contributed by atoms with E-state index in [0.29, 0.717) is 22.0 Å². The number of para-hydroxylation sites is 1. The molecule has 118 valence electrons. The molecular weight excluding hydrogens is 316 g/mol. The van der Waals surface area contributed by atoms with Gasteiger partial charge in [0.2, 0.25) is 5.95 Å². The first-order chi connectivity index (χ1) is 10.5. The van der Waals surface area contributed by atoms with E-state index < -0.39 is 0 Å². The zero-order valence-electron chi connectivity index (χ0n) is 13.2. The molecule has 1 heterocycles. The van der Waals surface area contributed by atoms with Gasteiger partial charge in [-0.15, -0.1) is 11.8 Å². The van der Waals surface area contributed by atoms with Crippen molar-refractivity contribution >= 4 is 40.8 Å². The molecule has 1 aromatic carbocycles. The highest BCUT2D eigenvalue weighted by Gasteiger charge is 2.10. The Kier molecular flexibility index (Phi) is 5.91. The monoisotopic (exact) mass is 336 g/mol. The average Bonchev–Trinajstić information content (AvgIpc) is 2.43. The second-order valence-electron chi connectivity index (χ2n) is 5.48. The third-order valence-electron chi connectivity index (χ3n) is 2.66. The van der Waals surface area contributed by atoms with Gasteiger partial charge in [0.15, 0.2) is 5.82 Å². The lowest BCUT2D eigenvalue weighted by Gasteiger charge is -2.15. The number of nitrogens with zero attached hydrogens (tertiary/aromatic N) is 2. The Morgan fingerprint density at radius 2 is 1.86 bits per heavy atom. The molecule has 6 heteroatoms. The molecule has 0 amide bonds. The van der Waals surface area contributed by atoms with Crippen LogP contribution in [0.1, 0.15) is 27.7 Å². The smallest absolute Gasteiger partial charge is 0.224 e. The van der Waals surface area contributed by atoms with Crippen LogP contribution < -0.4 is 10.6 Å². The molecule has 4 nitrogen and oxygen atoms in total. The molecule has 0 aliphatic heterocycles. The first-order valence-corrected chi connectivity index (χ1v) is 8.53. The third kappa shape index (κ3) is 4.78.